The summed E-state index contributed by atoms with van der Waals surface area (Å²) in [7, 11) is -2.09. The average molecular weight is 542 g/mol. The first kappa shape index (κ1) is 32.3. The molecular weight excluding hydrogens is 486 g/mol. The minimum absolute atomic E-state index is 0.00312. The lowest BCUT2D eigenvalue weighted by Gasteiger charge is -2.50. The third kappa shape index (κ3) is 8.52. The molecule has 0 aromatic rings. The van der Waals surface area contributed by atoms with E-state index in [1.54, 1.807) is 6.08 Å². The van der Waals surface area contributed by atoms with Gasteiger partial charge in [0.25, 0.3) is 0 Å². The molecule has 2 fully saturated rings. The van der Waals surface area contributed by atoms with Crippen LogP contribution in [0.1, 0.15) is 99.8 Å². The van der Waals surface area contributed by atoms with E-state index >= 15 is 0 Å². The van der Waals surface area contributed by atoms with Crippen molar-refractivity contribution in [2.75, 3.05) is 19.8 Å². The Hall–Kier alpha value is -0.933. The van der Waals surface area contributed by atoms with Gasteiger partial charge in [0, 0.05) is 12.6 Å². The number of carbonyl (C=O) groups excluding carboxylic acids is 1. The van der Waals surface area contributed by atoms with E-state index in [1.807, 2.05) is 4.90 Å². The van der Waals surface area contributed by atoms with E-state index in [1.165, 1.54) is 0 Å². The van der Waals surface area contributed by atoms with Gasteiger partial charge in [-0.3, -0.25) is 4.90 Å². The summed E-state index contributed by atoms with van der Waals surface area (Å²) >= 11 is 0. The second-order valence-corrected chi connectivity index (χ2v) is 17.3. The maximum absolute atomic E-state index is 13.2. The lowest BCUT2D eigenvalue weighted by atomic mass is 9.91. The molecule has 7 nitrogen and oxygen atoms in total. The molecule has 1 unspecified atom stereocenters. The van der Waals surface area contributed by atoms with E-state index in [4.69, 9.17) is 18.6 Å². The van der Waals surface area contributed by atoms with Gasteiger partial charge in [0.05, 0.1) is 24.9 Å². The molecule has 1 N–H and O–H groups in total. The summed E-state index contributed by atoms with van der Waals surface area (Å²) < 4.78 is 24.4. The molecule has 2 saturated heterocycles. The zero-order chi connectivity index (χ0) is 27.6. The van der Waals surface area contributed by atoms with Gasteiger partial charge in [-0.05, 0) is 74.9 Å². The van der Waals surface area contributed by atoms with Crippen LogP contribution in [0.3, 0.4) is 0 Å². The Balaban J connectivity index is 2.09. The zero-order valence-electron chi connectivity index (χ0n) is 24.6. The van der Waals surface area contributed by atoms with Crippen molar-refractivity contribution in [3.8, 4) is 0 Å². The molecule has 216 valence electrons. The number of piperidine rings is 1. The smallest absolute Gasteiger partial charge is 0.410 e. The standard InChI is InChI=1S/C29H55NO6Si/c1-9-18-34-29(32)30-24(8)27(36-37(21(2)3,22(4)5)23(6)7)17-16-25(30)13-12-14-26(20-31)35-28-15-10-11-19-33-28/h9,21-28,31H,1,10-20H2,2-8H3/t24-,25-,26+,27+,28?/m0/s1. The van der Waals surface area contributed by atoms with Gasteiger partial charge in [-0.15, -0.1) is 0 Å². The first-order valence-electron chi connectivity index (χ1n) is 14.7. The molecule has 0 aromatic heterocycles. The summed E-state index contributed by atoms with van der Waals surface area (Å²) in [6.45, 7) is 20.5. The van der Waals surface area contributed by atoms with Crippen molar-refractivity contribution in [1.82, 2.24) is 4.90 Å². The molecule has 0 aromatic carbocycles. The number of likely N-dealkylation sites (tertiary alicyclic amines) is 1. The van der Waals surface area contributed by atoms with Crippen molar-refractivity contribution in [3.05, 3.63) is 12.7 Å². The monoisotopic (exact) mass is 541 g/mol. The molecule has 0 radical (unpaired) electrons. The molecule has 37 heavy (non-hydrogen) atoms. The Morgan fingerprint density at radius 1 is 1.11 bits per heavy atom. The van der Waals surface area contributed by atoms with Crippen LogP contribution >= 0.6 is 0 Å². The van der Waals surface area contributed by atoms with Gasteiger partial charge in [-0.1, -0.05) is 54.2 Å². The van der Waals surface area contributed by atoms with Gasteiger partial charge in [0.1, 0.15) is 6.61 Å². The van der Waals surface area contributed by atoms with Crippen LogP contribution in [0, 0.1) is 0 Å². The highest BCUT2D eigenvalue weighted by Crippen LogP contribution is 2.45. The van der Waals surface area contributed by atoms with Crippen LogP contribution in [0.2, 0.25) is 16.6 Å². The molecular formula is C29H55NO6Si. The maximum atomic E-state index is 13.2. The fourth-order valence-corrected chi connectivity index (χ4v) is 12.4. The molecule has 0 aliphatic carbocycles. The Morgan fingerprint density at radius 2 is 1.78 bits per heavy atom. The van der Waals surface area contributed by atoms with Crippen molar-refractivity contribution >= 4 is 14.4 Å². The number of hydrogen-bond acceptors (Lipinski definition) is 6. The molecule has 1 amide bonds. The zero-order valence-corrected chi connectivity index (χ0v) is 25.6. The van der Waals surface area contributed by atoms with Crippen LogP contribution in [0.25, 0.3) is 0 Å². The summed E-state index contributed by atoms with van der Waals surface area (Å²) in [4.78, 5) is 15.2. The third-order valence-electron chi connectivity index (χ3n) is 8.50. The summed E-state index contributed by atoms with van der Waals surface area (Å²) in [6, 6.07) is 0.00498. The molecule has 8 heteroatoms. The largest absolute Gasteiger partial charge is 0.445 e. The predicted molar refractivity (Wildman–Crippen MR) is 151 cm³/mol. The first-order chi connectivity index (χ1) is 17.6. The van der Waals surface area contributed by atoms with Crippen LogP contribution in [0.15, 0.2) is 12.7 Å². The van der Waals surface area contributed by atoms with Gasteiger partial charge in [-0.25, -0.2) is 4.79 Å². The van der Waals surface area contributed by atoms with Crippen molar-refractivity contribution in [2.24, 2.45) is 0 Å². The highest BCUT2D eigenvalue weighted by molar-refractivity contribution is 6.77. The normalized spacial score (nSPS) is 26.1. The average Bonchev–Trinajstić information content (AvgIpc) is 2.86. The quantitative estimate of drug-likeness (QED) is 0.193. The van der Waals surface area contributed by atoms with Gasteiger partial charge >= 0.3 is 6.09 Å². The Bertz CT molecular complexity index is 660. The summed E-state index contributed by atoms with van der Waals surface area (Å²) in [6.07, 6.45) is 8.18. The third-order valence-corrected chi connectivity index (χ3v) is 14.6. The molecule has 2 heterocycles. The molecule has 0 saturated carbocycles. The Labute approximate surface area is 227 Å². The first-order valence-corrected chi connectivity index (χ1v) is 16.8. The molecule has 2 aliphatic rings. The topological polar surface area (TPSA) is 77.5 Å². The highest BCUT2D eigenvalue weighted by Gasteiger charge is 2.49. The second kappa shape index (κ2) is 15.6. The summed E-state index contributed by atoms with van der Waals surface area (Å²) in [5.74, 6) is 0. The molecule has 0 spiro atoms. The summed E-state index contributed by atoms with van der Waals surface area (Å²) in [5.41, 5.74) is 1.46. The fourth-order valence-electron chi connectivity index (χ4n) is 6.70. The molecule has 0 bridgehead atoms. The number of aliphatic hydroxyl groups is 1. The van der Waals surface area contributed by atoms with E-state index in [0.717, 1.165) is 58.0 Å². The van der Waals surface area contributed by atoms with Gasteiger partial charge in [0.15, 0.2) is 6.29 Å². The van der Waals surface area contributed by atoms with E-state index in [2.05, 4.69) is 55.0 Å². The maximum Gasteiger partial charge on any atom is 0.410 e. The van der Waals surface area contributed by atoms with Crippen molar-refractivity contribution in [1.29, 1.82) is 0 Å². The van der Waals surface area contributed by atoms with Crippen molar-refractivity contribution < 1.29 is 28.5 Å². The number of ether oxygens (including phenoxy) is 3. The van der Waals surface area contributed by atoms with Crippen LogP contribution in [0.4, 0.5) is 4.79 Å². The van der Waals surface area contributed by atoms with Crippen LogP contribution in [0.5, 0.6) is 0 Å². The lowest BCUT2D eigenvalue weighted by molar-refractivity contribution is -0.196. The Kier molecular flexibility index (Phi) is 13.6. The minimum Gasteiger partial charge on any atom is -0.445 e. The second-order valence-electron chi connectivity index (χ2n) is 11.9. The molecule has 2 aliphatic heterocycles. The molecule has 5 atom stereocenters. The van der Waals surface area contributed by atoms with E-state index in [-0.39, 0.29) is 49.9 Å². The van der Waals surface area contributed by atoms with Crippen molar-refractivity contribution in [3.63, 3.8) is 0 Å². The lowest BCUT2D eigenvalue weighted by Crippen LogP contribution is -2.60. The van der Waals surface area contributed by atoms with Crippen LogP contribution in [-0.4, -0.2) is 74.8 Å². The van der Waals surface area contributed by atoms with E-state index in [9.17, 15) is 9.90 Å². The Morgan fingerprint density at radius 3 is 2.32 bits per heavy atom. The van der Waals surface area contributed by atoms with Gasteiger partial charge < -0.3 is 23.7 Å². The predicted octanol–water partition coefficient (Wildman–Crippen LogP) is 6.80. The number of carbonyl (C=O) groups is 1. The van der Waals surface area contributed by atoms with Crippen molar-refractivity contribution in [2.45, 2.75) is 147 Å². The summed E-state index contributed by atoms with van der Waals surface area (Å²) in [5, 5.41) is 9.86. The highest BCUT2D eigenvalue weighted by atomic mass is 28.4. The number of hydrogen-bond donors (Lipinski definition) is 1. The van der Waals surface area contributed by atoms with E-state index in [0.29, 0.717) is 16.6 Å². The number of nitrogens with zero attached hydrogens (tertiary/aromatic N) is 1. The minimum atomic E-state index is -2.09. The fraction of sp³-hybridized carbons (Fsp3) is 0.897. The van der Waals surface area contributed by atoms with Gasteiger partial charge in [-0.2, -0.15) is 0 Å². The molecule has 2 rings (SSSR count). The SMILES string of the molecule is C=CCOC(=O)N1[C@@H](CCC[C@H](CO)OC2CCCCO2)CC[C@@H](O[Si](C(C)C)(C(C)C)C(C)C)[C@@H]1C. The van der Waals surface area contributed by atoms with Gasteiger partial charge in [0.2, 0.25) is 8.32 Å². The number of aliphatic hydroxyl groups excluding tert-OH is 1. The van der Waals surface area contributed by atoms with Crippen LogP contribution < -0.4 is 0 Å². The number of rotatable bonds is 14. The van der Waals surface area contributed by atoms with E-state index < -0.39 is 8.32 Å². The number of amides is 1. The van der Waals surface area contributed by atoms with Crippen LogP contribution in [-0.2, 0) is 18.6 Å².